The summed E-state index contributed by atoms with van der Waals surface area (Å²) in [6, 6.07) is 20.3. The first-order chi connectivity index (χ1) is 20.2. The highest BCUT2D eigenvalue weighted by Gasteiger charge is 2.34. The number of amides is 2. The number of para-hydroxylation sites is 1. The molecule has 0 aromatic heterocycles. The van der Waals surface area contributed by atoms with Gasteiger partial charge in [0.15, 0.2) is 0 Å². The van der Waals surface area contributed by atoms with Gasteiger partial charge in [0.05, 0.1) is 17.7 Å². The van der Waals surface area contributed by atoms with E-state index in [1.165, 1.54) is 9.21 Å². The molecule has 9 heteroatoms. The summed E-state index contributed by atoms with van der Waals surface area (Å²) in [6.45, 7) is 7.88. The second-order valence-electron chi connectivity index (χ2n) is 10.2. The number of aryl methyl sites for hydroxylation is 2. The molecule has 3 rings (SSSR count). The second kappa shape index (κ2) is 15.4. The topological polar surface area (TPSA) is 96.0 Å². The fourth-order valence-corrected chi connectivity index (χ4v) is 6.25. The number of hydrogen-bond donors (Lipinski definition) is 1. The predicted molar refractivity (Wildman–Crippen MR) is 167 cm³/mol. The zero-order valence-corrected chi connectivity index (χ0v) is 26.1. The zero-order chi connectivity index (χ0) is 30.7. The highest BCUT2D eigenvalue weighted by molar-refractivity contribution is 7.92. The van der Waals surface area contributed by atoms with Crippen LogP contribution in [0.3, 0.4) is 0 Å². The van der Waals surface area contributed by atoms with E-state index in [-0.39, 0.29) is 17.3 Å². The van der Waals surface area contributed by atoms with Crippen LogP contribution in [0.1, 0.15) is 56.7 Å². The highest BCUT2D eigenvalue weighted by Crippen LogP contribution is 2.29. The first-order valence-electron chi connectivity index (χ1n) is 14.5. The second-order valence-corrected chi connectivity index (χ2v) is 12.1. The molecule has 8 nitrogen and oxygen atoms in total. The Hall–Kier alpha value is -3.85. The molecule has 0 bridgehead atoms. The molecule has 0 aliphatic heterocycles. The number of hydrogen-bond acceptors (Lipinski definition) is 5. The average Bonchev–Trinajstić information content (AvgIpc) is 3.00. The molecule has 0 aliphatic carbocycles. The Labute approximate surface area is 250 Å². The third kappa shape index (κ3) is 8.12. The van der Waals surface area contributed by atoms with Gasteiger partial charge in [0.1, 0.15) is 18.3 Å². The van der Waals surface area contributed by atoms with Crippen LogP contribution in [-0.2, 0) is 32.6 Å². The van der Waals surface area contributed by atoms with E-state index < -0.39 is 28.5 Å². The van der Waals surface area contributed by atoms with Gasteiger partial charge in [0.2, 0.25) is 11.8 Å². The Morgan fingerprint density at radius 3 is 2.31 bits per heavy atom. The Morgan fingerprint density at radius 2 is 1.67 bits per heavy atom. The van der Waals surface area contributed by atoms with Gasteiger partial charge < -0.3 is 15.0 Å². The van der Waals surface area contributed by atoms with Crippen molar-refractivity contribution in [1.29, 1.82) is 0 Å². The summed E-state index contributed by atoms with van der Waals surface area (Å²) in [6.07, 6.45) is 2.69. The molecule has 1 N–H and O–H groups in total. The van der Waals surface area contributed by atoms with Crippen molar-refractivity contribution in [3.8, 4) is 5.75 Å². The molecule has 0 saturated carbocycles. The normalized spacial score (nSPS) is 11.9. The van der Waals surface area contributed by atoms with Crippen molar-refractivity contribution in [2.45, 2.75) is 70.9 Å². The molecule has 226 valence electrons. The summed E-state index contributed by atoms with van der Waals surface area (Å²) in [5.74, 6) is -0.109. The number of nitrogens with zero attached hydrogens (tertiary/aromatic N) is 2. The van der Waals surface area contributed by atoms with Gasteiger partial charge in [-0.15, -0.1) is 0 Å². The standard InChI is InChI=1S/C33H43N3O5S/c1-6-9-21-34-33(38)30(8-3)35(23-26-13-12-15-28(22-26)41-5)32(37)24-36(31-16-11-10-14-27(31)7-2)42(39,40)29-19-17-25(4)18-20-29/h10-20,22,30H,6-9,21,23-24H2,1-5H3,(H,34,38)/t30-/m1/s1. The van der Waals surface area contributed by atoms with E-state index >= 15 is 0 Å². The third-order valence-corrected chi connectivity index (χ3v) is 9.01. The lowest BCUT2D eigenvalue weighted by Crippen LogP contribution is -2.52. The van der Waals surface area contributed by atoms with E-state index in [1.54, 1.807) is 43.5 Å². The lowest BCUT2D eigenvalue weighted by molar-refractivity contribution is -0.140. The van der Waals surface area contributed by atoms with Gasteiger partial charge in [0, 0.05) is 13.1 Å². The minimum atomic E-state index is -4.12. The van der Waals surface area contributed by atoms with Crippen molar-refractivity contribution < 1.29 is 22.7 Å². The van der Waals surface area contributed by atoms with Crippen molar-refractivity contribution in [2.24, 2.45) is 0 Å². The molecular formula is C33H43N3O5S. The molecule has 0 heterocycles. The van der Waals surface area contributed by atoms with Gasteiger partial charge in [-0.25, -0.2) is 8.42 Å². The van der Waals surface area contributed by atoms with Crippen LogP contribution in [-0.4, -0.2) is 51.4 Å². The molecule has 0 saturated heterocycles. The zero-order valence-electron chi connectivity index (χ0n) is 25.3. The van der Waals surface area contributed by atoms with E-state index in [0.717, 1.165) is 29.5 Å². The van der Waals surface area contributed by atoms with Crippen LogP contribution in [0, 0.1) is 6.92 Å². The largest absolute Gasteiger partial charge is 0.497 e. The summed E-state index contributed by atoms with van der Waals surface area (Å²) >= 11 is 0. The molecule has 1 atom stereocenters. The molecule has 3 aromatic rings. The number of carbonyl (C=O) groups excluding carboxylic acids is 2. The SMILES string of the molecule is CCCCNC(=O)[C@@H](CC)N(Cc1cccc(OC)c1)C(=O)CN(c1ccccc1CC)S(=O)(=O)c1ccc(C)cc1. The van der Waals surface area contributed by atoms with E-state index in [1.807, 2.05) is 64.1 Å². The number of methoxy groups -OCH3 is 1. The molecule has 2 amide bonds. The summed E-state index contributed by atoms with van der Waals surface area (Å²) in [5.41, 5.74) is 2.93. The lowest BCUT2D eigenvalue weighted by Gasteiger charge is -2.33. The van der Waals surface area contributed by atoms with Crippen molar-refractivity contribution in [2.75, 3.05) is 24.5 Å². The minimum absolute atomic E-state index is 0.0931. The van der Waals surface area contributed by atoms with E-state index in [0.29, 0.717) is 30.8 Å². The number of sulfonamides is 1. The fourth-order valence-electron chi connectivity index (χ4n) is 4.80. The lowest BCUT2D eigenvalue weighted by atomic mass is 10.1. The van der Waals surface area contributed by atoms with E-state index in [2.05, 4.69) is 5.32 Å². The van der Waals surface area contributed by atoms with Crippen molar-refractivity contribution in [3.63, 3.8) is 0 Å². The maximum Gasteiger partial charge on any atom is 0.264 e. The first-order valence-corrected chi connectivity index (χ1v) is 16.0. The van der Waals surface area contributed by atoms with Crippen molar-refractivity contribution in [1.82, 2.24) is 10.2 Å². The Balaban J connectivity index is 2.08. The van der Waals surface area contributed by atoms with E-state index in [4.69, 9.17) is 4.74 Å². The molecule has 0 radical (unpaired) electrons. The van der Waals surface area contributed by atoms with Crippen LogP contribution in [0.25, 0.3) is 0 Å². The highest BCUT2D eigenvalue weighted by atomic mass is 32.2. The molecule has 42 heavy (non-hydrogen) atoms. The molecule has 0 spiro atoms. The number of unbranched alkanes of at least 4 members (excludes halogenated alkanes) is 1. The summed E-state index contributed by atoms with van der Waals surface area (Å²) in [4.78, 5) is 29.2. The van der Waals surface area contributed by atoms with Gasteiger partial charge in [-0.3, -0.25) is 13.9 Å². The molecule has 0 fully saturated rings. The molecular weight excluding hydrogens is 550 g/mol. The quantitative estimate of drug-likeness (QED) is 0.235. The van der Waals surface area contributed by atoms with Gasteiger partial charge in [0.25, 0.3) is 10.0 Å². The molecule has 0 unspecified atom stereocenters. The molecule has 3 aromatic carbocycles. The number of nitrogens with one attached hydrogen (secondary N) is 1. The maximum absolute atomic E-state index is 14.3. The summed E-state index contributed by atoms with van der Waals surface area (Å²) in [7, 11) is -2.55. The average molecular weight is 594 g/mol. The minimum Gasteiger partial charge on any atom is -0.497 e. The Morgan fingerprint density at radius 1 is 0.952 bits per heavy atom. The van der Waals surface area contributed by atoms with Gasteiger partial charge in [-0.05, 0) is 67.6 Å². The third-order valence-electron chi connectivity index (χ3n) is 7.23. The smallest absolute Gasteiger partial charge is 0.264 e. The predicted octanol–water partition coefficient (Wildman–Crippen LogP) is 5.49. The fraction of sp³-hybridized carbons (Fsp3) is 0.394. The number of rotatable bonds is 15. The molecule has 0 aliphatic rings. The Bertz CT molecular complexity index is 1440. The van der Waals surface area contributed by atoms with Crippen LogP contribution in [0.2, 0.25) is 0 Å². The monoisotopic (exact) mass is 593 g/mol. The van der Waals surface area contributed by atoms with Crippen molar-refractivity contribution in [3.05, 3.63) is 89.5 Å². The van der Waals surface area contributed by atoms with Crippen molar-refractivity contribution >= 4 is 27.5 Å². The van der Waals surface area contributed by atoms with Crippen LogP contribution < -0.4 is 14.4 Å². The van der Waals surface area contributed by atoms with Gasteiger partial charge in [-0.2, -0.15) is 0 Å². The van der Waals surface area contributed by atoms with Gasteiger partial charge in [-0.1, -0.05) is 75.2 Å². The van der Waals surface area contributed by atoms with Crippen LogP contribution in [0.5, 0.6) is 5.75 Å². The Kier molecular flexibility index (Phi) is 12.0. The van der Waals surface area contributed by atoms with Crippen LogP contribution >= 0.6 is 0 Å². The number of anilines is 1. The number of ether oxygens (including phenoxy) is 1. The van der Waals surface area contributed by atoms with E-state index in [9.17, 15) is 18.0 Å². The van der Waals surface area contributed by atoms with Crippen LogP contribution in [0.4, 0.5) is 5.69 Å². The van der Waals surface area contributed by atoms with Crippen LogP contribution in [0.15, 0.2) is 77.7 Å². The number of benzene rings is 3. The first kappa shape index (κ1) is 32.7. The number of carbonyl (C=O) groups is 2. The van der Waals surface area contributed by atoms with Gasteiger partial charge >= 0.3 is 0 Å². The summed E-state index contributed by atoms with van der Waals surface area (Å²) in [5, 5.41) is 2.95. The summed E-state index contributed by atoms with van der Waals surface area (Å²) < 4.78 is 34.8. The maximum atomic E-state index is 14.3.